The van der Waals surface area contributed by atoms with Crippen LogP contribution in [0.2, 0.25) is 0 Å². The van der Waals surface area contributed by atoms with Crippen LogP contribution in [0.1, 0.15) is 19.8 Å². The molecule has 2 amide bonds. The molecule has 90 valence electrons. The van der Waals surface area contributed by atoms with Crippen molar-refractivity contribution in [3.05, 3.63) is 11.8 Å². The third-order valence-electron chi connectivity index (χ3n) is 2.95. The summed E-state index contributed by atoms with van der Waals surface area (Å²) in [5.74, 6) is 0. The molecule has 1 saturated heterocycles. The van der Waals surface area contributed by atoms with Crippen LogP contribution in [0.25, 0.3) is 0 Å². The fourth-order valence-electron chi connectivity index (χ4n) is 1.92. The second-order valence-corrected chi connectivity index (χ2v) is 4.18. The van der Waals surface area contributed by atoms with E-state index in [1.165, 1.54) is 4.90 Å². The summed E-state index contributed by atoms with van der Waals surface area (Å²) in [4.78, 5) is 13.2. The second kappa shape index (κ2) is 4.40. The standard InChI is InChI=1S/C10H17N3O3/c1-6-4-13(10(15)12-9(6)11)8-3-2-7(5-14)16-8/h4,7-9,14H,2-3,5,11H2,1H3,(H,12,15)/t7-,8?,9?/m0/s1. The summed E-state index contributed by atoms with van der Waals surface area (Å²) in [5.41, 5.74) is 6.56. The number of nitrogens with two attached hydrogens (primary N) is 1. The van der Waals surface area contributed by atoms with Gasteiger partial charge in [0.25, 0.3) is 0 Å². The minimum Gasteiger partial charge on any atom is -0.394 e. The Kier molecular flexibility index (Phi) is 3.13. The van der Waals surface area contributed by atoms with Crippen molar-refractivity contribution < 1.29 is 14.6 Å². The molecule has 1 fully saturated rings. The summed E-state index contributed by atoms with van der Waals surface area (Å²) in [5, 5.41) is 11.6. The van der Waals surface area contributed by atoms with Gasteiger partial charge in [-0.2, -0.15) is 0 Å². The lowest BCUT2D eigenvalue weighted by atomic mass is 10.2. The molecule has 6 nitrogen and oxygen atoms in total. The fourth-order valence-corrected chi connectivity index (χ4v) is 1.92. The average Bonchev–Trinajstić information content (AvgIpc) is 2.71. The first-order valence-corrected chi connectivity index (χ1v) is 5.41. The topological polar surface area (TPSA) is 87.8 Å². The van der Waals surface area contributed by atoms with E-state index in [-0.39, 0.29) is 25.0 Å². The van der Waals surface area contributed by atoms with Crippen LogP contribution in [0.5, 0.6) is 0 Å². The largest absolute Gasteiger partial charge is 0.394 e. The predicted octanol–water partition coefficient (Wildman–Crippen LogP) is -0.302. The van der Waals surface area contributed by atoms with Gasteiger partial charge in [0.2, 0.25) is 0 Å². The number of urea groups is 1. The molecule has 0 radical (unpaired) electrons. The summed E-state index contributed by atoms with van der Waals surface area (Å²) in [6.45, 7) is 1.85. The number of hydrogen-bond acceptors (Lipinski definition) is 4. The number of carbonyl (C=O) groups is 1. The SMILES string of the molecule is CC1=CN(C2CC[C@@H](CO)O2)C(=O)NC1N. The van der Waals surface area contributed by atoms with Crippen LogP contribution in [0.15, 0.2) is 11.8 Å². The Morgan fingerprint density at radius 1 is 1.69 bits per heavy atom. The fraction of sp³-hybridized carbons (Fsp3) is 0.700. The molecule has 6 heteroatoms. The normalized spacial score (nSPS) is 34.9. The van der Waals surface area contributed by atoms with Crippen molar-refractivity contribution in [1.82, 2.24) is 10.2 Å². The molecular formula is C10H17N3O3. The van der Waals surface area contributed by atoms with Gasteiger partial charge in [-0.3, -0.25) is 4.90 Å². The smallest absolute Gasteiger partial charge is 0.325 e. The van der Waals surface area contributed by atoms with Crippen molar-refractivity contribution >= 4 is 6.03 Å². The van der Waals surface area contributed by atoms with E-state index in [1.54, 1.807) is 6.20 Å². The summed E-state index contributed by atoms with van der Waals surface area (Å²) >= 11 is 0. The highest BCUT2D eigenvalue weighted by atomic mass is 16.5. The van der Waals surface area contributed by atoms with Crippen LogP contribution < -0.4 is 11.1 Å². The number of ether oxygens (including phenoxy) is 1. The first-order chi connectivity index (χ1) is 7.61. The average molecular weight is 227 g/mol. The number of aliphatic hydroxyl groups excluding tert-OH is 1. The molecule has 3 atom stereocenters. The summed E-state index contributed by atoms with van der Waals surface area (Å²) in [6.07, 6.45) is 2.34. The van der Waals surface area contributed by atoms with Crippen LogP contribution in [0, 0.1) is 0 Å². The highest BCUT2D eigenvalue weighted by molar-refractivity contribution is 5.77. The maximum absolute atomic E-state index is 11.7. The zero-order chi connectivity index (χ0) is 11.7. The molecule has 2 aliphatic rings. The molecular weight excluding hydrogens is 210 g/mol. The Balaban J connectivity index is 2.07. The quantitative estimate of drug-likeness (QED) is 0.604. The van der Waals surface area contributed by atoms with Gasteiger partial charge in [0.1, 0.15) is 12.4 Å². The first-order valence-electron chi connectivity index (χ1n) is 5.41. The Labute approximate surface area is 94.0 Å². The van der Waals surface area contributed by atoms with E-state index in [0.717, 1.165) is 18.4 Å². The number of aliphatic hydroxyl groups is 1. The van der Waals surface area contributed by atoms with E-state index >= 15 is 0 Å². The van der Waals surface area contributed by atoms with E-state index in [4.69, 9.17) is 15.6 Å². The molecule has 2 aliphatic heterocycles. The van der Waals surface area contributed by atoms with Gasteiger partial charge in [0, 0.05) is 6.20 Å². The highest BCUT2D eigenvalue weighted by Crippen LogP contribution is 2.24. The van der Waals surface area contributed by atoms with Gasteiger partial charge in [-0.1, -0.05) is 0 Å². The van der Waals surface area contributed by atoms with Gasteiger partial charge < -0.3 is 20.9 Å². The number of nitrogens with zero attached hydrogens (tertiary/aromatic N) is 1. The second-order valence-electron chi connectivity index (χ2n) is 4.18. The Morgan fingerprint density at radius 3 is 3.06 bits per heavy atom. The third-order valence-corrected chi connectivity index (χ3v) is 2.95. The van der Waals surface area contributed by atoms with Crippen LogP contribution in [0.3, 0.4) is 0 Å². The first kappa shape index (κ1) is 11.4. The lowest BCUT2D eigenvalue weighted by Gasteiger charge is -2.32. The molecule has 16 heavy (non-hydrogen) atoms. The van der Waals surface area contributed by atoms with Crippen molar-refractivity contribution in [2.24, 2.45) is 5.73 Å². The maximum atomic E-state index is 11.7. The summed E-state index contributed by atoms with van der Waals surface area (Å²) in [7, 11) is 0. The molecule has 0 aliphatic carbocycles. The molecule has 0 spiro atoms. The molecule has 2 rings (SSSR count). The highest BCUT2D eigenvalue weighted by Gasteiger charge is 2.34. The number of amides is 2. The lowest BCUT2D eigenvalue weighted by molar-refractivity contribution is -0.0376. The molecule has 0 bridgehead atoms. The molecule has 4 N–H and O–H groups in total. The molecule has 2 unspecified atom stereocenters. The van der Waals surface area contributed by atoms with Gasteiger partial charge >= 0.3 is 6.03 Å². The van der Waals surface area contributed by atoms with Gasteiger partial charge in [-0.25, -0.2) is 4.79 Å². The van der Waals surface area contributed by atoms with Crippen LogP contribution >= 0.6 is 0 Å². The van der Waals surface area contributed by atoms with Gasteiger partial charge in [0.15, 0.2) is 0 Å². The van der Waals surface area contributed by atoms with Crippen molar-refractivity contribution in [3.8, 4) is 0 Å². The maximum Gasteiger partial charge on any atom is 0.325 e. The molecule has 0 aromatic carbocycles. The lowest BCUT2D eigenvalue weighted by Crippen LogP contribution is -2.54. The Morgan fingerprint density at radius 2 is 2.44 bits per heavy atom. The summed E-state index contributed by atoms with van der Waals surface area (Å²) in [6, 6.07) is -0.248. The molecule has 2 heterocycles. The van der Waals surface area contributed by atoms with Crippen LogP contribution in [-0.2, 0) is 4.74 Å². The van der Waals surface area contributed by atoms with Crippen molar-refractivity contribution in [2.45, 2.75) is 38.3 Å². The Hall–Kier alpha value is -1.11. The van der Waals surface area contributed by atoms with Crippen molar-refractivity contribution in [2.75, 3.05) is 6.61 Å². The number of rotatable bonds is 2. The number of carbonyl (C=O) groups excluding carboxylic acids is 1. The van der Waals surface area contributed by atoms with Gasteiger partial charge in [-0.15, -0.1) is 0 Å². The summed E-state index contributed by atoms with van der Waals surface area (Å²) < 4.78 is 5.53. The molecule has 0 aromatic rings. The minimum absolute atomic E-state index is 0.00578. The zero-order valence-corrected chi connectivity index (χ0v) is 9.22. The van der Waals surface area contributed by atoms with Crippen LogP contribution in [0.4, 0.5) is 4.79 Å². The van der Waals surface area contributed by atoms with E-state index in [9.17, 15) is 4.79 Å². The van der Waals surface area contributed by atoms with Crippen molar-refractivity contribution in [3.63, 3.8) is 0 Å². The van der Waals surface area contributed by atoms with E-state index in [0.29, 0.717) is 0 Å². The zero-order valence-electron chi connectivity index (χ0n) is 9.22. The minimum atomic E-state index is -0.418. The van der Waals surface area contributed by atoms with E-state index in [2.05, 4.69) is 5.32 Å². The van der Waals surface area contributed by atoms with Crippen molar-refractivity contribution in [1.29, 1.82) is 0 Å². The van der Waals surface area contributed by atoms with E-state index < -0.39 is 6.17 Å². The van der Waals surface area contributed by atoms with E-state index in [1.807, 2.05) is 6.92 Å². The van der Waals surface area contributed by atoms with Crippen LogP contribution in [-0.4, -0.2) is 41.1 Å². The molecule has 0 aromatic heterocycles. The Bertz CT molecular complexity index is 318. The van der Waals surface area contributed by atoms with Gasteiger partial charge in [-0.05, 0) is 25.3 Å². The third kappa shape index (κ3) is 2.04. The number of hydrogen-bond donors (Lipinski definition) is 3. The predicted molar refractivity (Wildman–Crippen MR) is 57.1 cm³/mol. The molecule has 0 saturated carbocycles. The number of nitrogens with one attached hydrogen (secondary N) is 1. The van der Waals surface area contributed by atoms with Gasteiger partial charge in [0.05, 0.1) is 12.7 Å². The monoisotopic (exact) mass is 227 g/mol.